The molecule has 0 bridgehead atoms. The monoisotopic (exact) mass is 288 g/mol. The number of amidine groups is 1. The predicted octanol–water partition coefficient (Wildman–Crippen LogP) is 1.94. The van der Waals surface area contributed by atoms with E-state index in [4.69, 9.17) is 11.1 Å². The fraction of sp³-hybridized carbons (Fsp3) is 0.562. The fourth-order valence-electron chi connectivity index (χ4n) is 2.98. The van der Waals surface area contributed by atoms with Crippen molar-refractivity contribution in [2.75, 3.05) is 6.54 Å². The van der Waals surface area contributed by atoms with Crippen LogP contribution in [0.2, 0.25) is 0 Å². The molecule has 1 aliphatic carbocycles. The first-order valence-corrected chi connectivity index (χ1v) is 7.51. The molecule has 5 nitrogen and oxygen atoms in total. The van der Waals surface area contributed by atoms with Gasteiger partial charge in [0, 0.05) is 35.9 Å². The van der Waals surface area contributed by atoms with Crippen molar-refractivity contribution in [3.8, 4) is 0 Å². The molecule has 0 aromatic heterocycles. The number of allylic oxidation sites excluding steroid dienone is 2. The number of fused-ring (bicyclic) bond motifs is 1. The molecule has 1 unspecified atom stereocenters. The van der Waals surface area contributed by atoms with Crippen LogP contribution in [0.3, 0.4) is 0 Å². The third-order valence-electron chi connectivity index (χ3n) is 4.39. The molecular formula is C16H24N4O. The van der Waals surface area contributed by atoms with E-state index in [2.05, 4.69) is 10.3 Å². The Labute approximate surface area is 125 Å². The van der Waals surface area contributed by atoms with Crippen molar-refractivity contribution in [2.24, 2.45) is 16.6 Å². The number of nitrogens with one attached hydrogen (secondary N) is 2. The van der Waals surface area contributed by atoms with E-state index in [-0.39, 0.29) is 23.6 Å². The van der Waals surface area contributed by atoms with Gasteiger partial charge in [0.1, 0.15) is 5.84 Å². The van der Waals surface area contributed by atoms with Crippen LogP contribution in [0.5, 0.6) is 0 Å². The van der Waals surface area contributed by atoms with Gasteiger partial charge in [-0.15, -0.1) is 0 Å². The van der Waals surface area contributed by atoms with Crippen LogP contribution in [0.25, 0.3) is 0 Å². The van der Waals surface area contributed by atoms with Crippen molar-refractivity contribution < 1.29 is 4.79 Å². The normalized spacial score (nSPS) is 26.2. The third-order valence-corrected chi connectivity index (χ3v) is 4.39. The molecule has 114 valence electrons. The molecule has 5 heteroatoms. The van der Waals surface area contributed by atoms with Crippen LogP contribution >= 0.6 is 0 Å². The van der Waals surface area contributed by atoms with Gasteiger partial charge in [0.2, 0.25) is 0 Å². The topological polar surface area (TPSA) is 91.3 Å². The number of hydrogen-bond acceptors (Lipinski definition) is 4. The molecule has 21 heavy (non-hydrogen) atoms. The van der Waals surface area contributed by atoms with Crippen molar-refractivity contribution in [2.45, 2.75) is 46.1 Å². The van der Waals surface area contributed by atoms with Crippen molar-refractivity contribution >= 4 is 17.3 Å². The van der Waals surface area contributed by atoms with E-state index in [1.807, 2.05) is 26.8 Å². The van der Waals surface area contributed by atoms with E-state index in [1.54, 1.807) is 0 Å². The Morgan fingerprint density at radius 2 is 2.24 bits per heavy atom. The van der Waals surface area contributed by atoms with Crippen LogP contribution in [-0.2, 0) is 4.79 Å². The summed E-state index contributed by atoms with van der Waals surface area (Å²) in [4.78, 5) is 16.6. The number of rotatable bonds is 3. The summed E-state index contributed by atoms with van der Waals surface area (Å²) in [6, 6.07) is -0.239. The summed E-state index contributed by atoms with van der Waals surface area (Å²) in [6.45, 7) is 6.36. The van der Waals surface area contributed by atoms with E-state index in [9.17, 15) is 4.79 Å². The van der Waals surface area contributed by atoms with E-state index in [1.165, 1.54) is 0 Å². The third kappa shape index (κ3) is 2.97. The second kappa shape index (κ2) is 6.35. The summed E-state index contributed by atoms with van der Waals surface area (Å²) in [5.74, 6) is 0.402. The highest BCUT2D eigenvalue weighted by Crippen LogP contribution is 2.35. The highest BCUT2D eigenvalue weighted by Gasteiger charge is 2.39. The Morgan fingerprint density at radius 3 is 2.86 bits per heavy atom. The molecule has 4 N–H and O–H groups in total. The van der Waals surface area contributed by atoms with Gasteiger partial charge < -0.3 is 11.1 Å². The maximum absolute atomic E-state index is 12.2. The number of hydrogen-bond donors (Lipinski definition) is 3. The van der Waals surface area contributed by atoms with E-state index in [0.29, 0.717) is 19.4 Å². The Bertz CT molecular complexity index is 551. The molecule has 2 aliphatic rings. The summed E-state index contributed by atoms with van der Waals surface area (Å²) in [7, 11) is 0. The zero-order chi connectivity index (χ0) is 15.6. The molecule has 0 saturated heterocycles. The van der Waals surface area contributed by atoms with Crippen LogP contribution in [0.1, 0.15) is 40.0 Å². The smallest absolute Gasteiger partial charge is 0.156 e. The van der Waals surface area contributed by atoms with Crippen molar-refractivity contribution in [3.63, 3.8) is 0 Å². The summed E-state index contributed by atoms with van der Waals surface area (Å²) >= 11 is 0. The summed E-state index contributed by atoms with van der Waals surface area (Å²) in [6.07, 6.45) is 3.94. The molecule has 0 amide bonds. The standard InChI is InChI=1S/C16H24N4O/c1-4-11(8-17)20-16(18)12-6-5-7-13(21)15-14(12)9(2)10(3)19-15/h6,14-15,18-19H,4-5,7-8,17H2,1-3H3/t14-,15?/m0/s1. The first-order valence-electron chi connectivity index (χ1n) is 7.51. The Balaban J connectivity index is 2.37. The van der Waals surface area contributed by atoms with Gasteiger partial charge in [0.05, 0.1) is 6.04 Å². The van der Waals surface area contributed by atoms with Gasteiger partial charge in [-0.2, -0.15) is 0 Å². The van der Waals surface area contributed by atoms with Gasteiger partial charge in [0.25, 0.3) is 0 Å². The maximum atomic E-state index is 12.2. The van der Waals surface area contributed by atoms with Crippen LogP contribution in [0, 0.1) is 11.3 Å². The highest BCUT2D eigenvalue weighted by atomic mass is 16.1. The van der Waals surface area contributed by atoms with E-state index < -0.39 is 0 Å². The van der Waals surface area contributed by atoms with E-state index in [0.717, 1.165) is 29.0 Å². The van der Waals surface area contributed by atoms with Crippen LogP contribution in [0.4, 0.5) is 0 Å². The van der Waals surface area contributed by atoms with Crippen LogP contribution in [0.15, 0.2) is 27.9 Å². The molecule has 0 aromatic carbocycles. The first-order chi connectivity index (χ1) is 9.99. The number of nitrogens with two attached hydrogens (primary N) is 1. The van der Waals surface area contributed by atoms with Gasteiger partial charge in [-0.1, -0.05) is 13.0 Å². The lowest BCUT2D eigenvalue weighted by atomic mass is 9.86. The Hall–Kier alpha value is -1.75. The number of aliphatic imine (C=N–C) groups is 1. The Morgan fingerprint density at radius 1 is 1.52 bits per heavy atom. The average molecular weight is 288 g/mol. The molecule has 0 radical (unpaired) electrons. The number of carbonyl (C=O) groups excluding carboxylic acids is 1. The predicted molar refractivity (Wildman–Crippen MR) is 85.6 cm³/mol. The van der Waals surface area contributed by atoms with Gasteiger partial charge >= 0.3 is 0 Å². The van der Waals surface area contributed by atoms with Gasteiger partial charge in [-0.3, -0.25) is 10.2 Å². The summed E-state index contributed by atoms with van der Waals surface area (Å²) in [5, 5.41) is 11.6. The molecular weight excluding hydrogens is 264 g/mol. The van der Waals surface area contributed by atoms with Crippen molar-refractivity contribution in [3.05, 3.63) is 22.9 Å². The average Bonchev–Trinajstić information content (AvgIpc) is 2.66. The minimum Gasteiger partial charge on any atom is -0.378 e. The second-order valence-corrected chi connectivity index (χ2v) is 5.66. The minimum atomic E-state index is -0.239. The van der Waals surface area contributed by atoms with Crippen molar-refractivity contribution in [1.82, 2.24) is 5.32 Å². The quantitative estimate of drug-likeness (QED) is 0.547. The molecule has 0 fully saturated rings. The molecule has 0 aromatic rings. The number of nitrogens with zero attached hydrogens (tertiary/aromatic N) is 1. The number of carbonyl (C=O) groups is 1. The summed E-state index contributed by atoms with van der Waals surface area (Å²) < 4.78 is 0. The Kier molecular flexibility index (Phi) is 4.73. The minimum absolute atomic E-state index is 0.0628. The zero-order valence-corrected chi connectivity index (χ0v) is 13.0. The first kappa shape index (κ1) is 15.6. The van der Waals surface area contributed by atoms with Crippen LogP contribution < -0.4 is 11.1 Å². The lowest BCUT2D eigenvalue weighted by molar-refractivity contribution is -0.121. The molecule has 1 aliphatic heterocycles. The maximum Gasteiger partial charge on any atom is 0.156 e. The number of Topliss-reactive ketones (excluding diaryl/α,β-unsaturated/α-hetero) is 1. The largest absolute Gasteiger partial charge is 0.378 e. The molecule has 0 spiro atoms. The van der Waals surface area contributed by atoms with Gasteiger partial charge in [-0.05, 0) is 32.3 Å². The van der Waals surface area contributed by atoms with Crippen LogP contribution in [-0.4, -0.2) is 29.9 Å². The molecule has 1 heterocycles. The van der Waals surface area contributed by atoms with E-state index >= 15 is 0 Å². The molecule has 2 rings (SSSR count). The zero-order valence-electron chi connectivity index (χ0n) is 13.0. The molecule has 2 atom stereocenters. The highest BCUT2D eigenvalue weighted by molar-refractivity contribution is 6.07. The lowest BCUT2D eigenvalue weighted by Gasteiger charge is -2.21. The number of ketones is 1. The SMILES string of the molecule is CCC(CN)=NC(=N)C1=CCCC(=O)C2NC(C)=C(C)[C@@H]12. The summed E-state index contributed by atoms with van der Waals surface area (Å²) in [5.41, 5.74) is 9.49. The lowest BCUT2D eigenvalue weighted by Crippen LogP contribution is -2.37. The molecule has 0 saturated carbocycles. The van der Waals surface area contributed by atoms with Gasteiger partial charge in [-0.25, -0.2) is 4.99 Å². The van der Waals surface area contributed by atoms with Gasteiger partial charge in [0.15, 0.2) is 5.78 Å². The second-order valence-electron chi connectivity index (χ2n) is 5.66. The fourth-order valence-corrected chi connectivity index (χ4v) is 2.98. The van der Waals surface area contributed by atoms with Crippen molar-refractivity contribution in [1.29, 1.82) is 5.41 Å².